The maximum atomic E-state index is 11.1. The third-order valence-electron chi connectivity index (χ3n) is 1.74. The third-order valence-corrected chi connectivity index (χ3v) is 3.07. The third kappa shape index (κ3) is 3.29. The lowest BCUT2D eigenvalue weighted by Crippen LogP contribution is -2.10. The quantitative estimate of drug-likeness (QED) is 0.659. The summed E-state index contributed by atoms with van der Waals surface area (Å²) in [6.45, 7) is 0. The fraction of sp³-hybridized carbons (Fsp3) is 0.100. The molecule has 0 saturated heterocycles. The zero-order valence-corrected chi connectivity index (χ0v) is 10.8. The second-order valence-electron chi connectivity index (χ2n) is 2.86. The molecule has 6 heteroatoms. The van der Waals surface area contributed by atoms with Crippen LogP contribution in [0.15, 0.2) is 35.4 Å². The van der Waals surface area contributed by atoms with Crippen LogP contribution in [0.3, 0.4) is 0 Å². The lowest BCUT2D eigenvalue weighted by atomic mass is 10.1. The van der Waals surface area contributed by atoms with E-state index in [2.05, 4.69) is 0 Å². The van der Waals surface area contributed by atoms with Gasteiger partial charge in [0.1, 0.15) is 0 Å². The van der Waals surface area contributed by atoms with Crippen molar-refractivity contribution in [1.29, 1.82) is 0 Å². The second kappa shape index (κ2) is 5.28. The maximum Gasteiger partial charge on any atom is 0.337 e. The number of halogens is 4. The van der Waals surface area contributed by atoms with Gasteiger partial charge < -0.3 is 5.11 Å². The van der Waals surface area contributed by atoms with Gasteiger partial charge in [0, 0.05) is 0 Å². The fourth-order valence-electron chi connectivity index (χ4n) is 1.09. The van der Waals surface area contributed by atoms with Gasteiger partial charge in [0.15, 0.2) is 0 Å². The molecule has 0 spiro atoms. The van der Waals surface area contributed by atoms with Crippen LogP contribution in [0.25, 0.3) is 5.57 Å². The molecule has 0 aliphatic rings. The second-order valence-corrected chi connectivity index (χ2v) is 5.52. The van der Waals surface area contributed by atoms with Crippen LogP contribution >= 0.6 is 46.4 Å². The predicted octanol–water partition coefficient (Wildman–Crippen LogP) is 4.09. The van der Waals surface area contributed by atoms with E-state index in [0.29, 0.717) is 5.56 Å². The molecule has 0 saturated carbocycles. The van der Waals surface area contributed by atoms with Crippen LogP contribution in [0.4, 0.5) is 0 Å². The van der Waals surface area contributed by atoms with Crippen LogP contribution in [0, 0.1) is 0 Å². The lowest BCUT2D eigenvalue weighted by molar-refractivity contribution is -0.130. The van der Waals surface area contributed by atoms with Crippen molar-refractivity contribution in [3.8, 4) is 0 Å². The summed E-state index contributed by atoms with van der Waals surface area (Å²) in [4.78, 5) is 11.1. The van der Waals surface area contributed by atoms with E-state index in [1.54, 1.807) is 30.3 Å². The summed E-state index contributed by atoms with van der Waals surface area (Å²) in [6, 6.07) is 8.22. The van der Waals surface area contributed by atoms with Crippen LogP contribution in [0.1, 0.15) is 5.56 Å². The summed E-state index contributed by atoms with van der Waals surface area (Å²) in [5, 5.41) is 8.71. The molecule has 0 fully saturated rings. The van der Waals surface area contributed by atoms with Crippen LogP contribution < -0.4 is 0 Å². The summed E-state index contributed by atoms with van der Waals surface area (Å²) < 4.78 is -1.95. The van der Waals surface area contributed by atoms with Crippen molar-refractivity contribution in [2.24, 2.45) is 0 Å². The van der Waals surface area contributed by atoms with Gasteiger partial charge in [-0.05, 0) is 5.56 Å². The number of hydrogen-bond donors (Lipinski definition) is 1. The molecule has 86 valence electrons. The van der Waals surface area contributed by atoms with Crippen molar-refractivity contribution in [2.45, 2.75) is 3.79 Å². The number of carboxylic acid groups (broad SMARTS) is 1. The average Bonchev–Trinajstić information content (AvgIpc) is 2.17. The normalized spacial score (nSPS) is 13.2. The summed E-state index contributed by atoms with van der Waals surface area (Å²) in [5.41, 5.74) is 0.161. The highest BCUT2D eigenvalue weighted by Gasteiger charge is 2.31. The molecule has 0 heterocycles. The molecular formula is C10H6Cl4O2. The van der Waals surface area contributed by atoms with Crippen LogP contribution in [-0.2, 0) is 4.79 Å². The number of allylic oxidation sites excluding steroid dienone is 1. The van der Waals surface area contributed by atoms with Crippen LogP contribution in [0.2, 0.25) is 0 Å². The zero-order valence-electron chi connectivity index (χ0n) is 7.75. The molecule has 1 aromatic carbocycles. The van der Waals surface area contributed by atoms with Gasteiger partial charge in [-0.15, -0.1) is 0 Å². The van der Waals surface area contributed by atoms with Gasteiger partial charge in [-0.25, -0.2) is 4.79 Å². The van der Waals surface area contributed by atoms with Gasteiger partial charge in [-0.1, -0.05) is 76.7 Å². The van der Waals surface area contributed by atoms with E-state index < -0.39 is 9.76 Å². The van der Waals surface area contributed by atoms with Crippen molar-refractivity contribution in [2.75, 3.05) is 0 Å². The van der Waals surface area contributed by atoms with Gasteiger partial charge in [0.05, 0.1) is 10.6 Å². The Morgan fingerprint density at radius 1 is 1.12 bits per heavy atom. The number of alkyl halides is 3. The molecule has 0 aromatic heterocycles. The van der Waals surface area contributed by atoms with Crippen molar-refractivity contribution in [3.05, 3.63) is 40.9 Å². The van der Waals surface area contributed by atoms with E-state index in [-0.39, 0.29) is 10.6 Å². The minimum atomic E-state index is -1.95. The van der Waals surface area contributed by atoms with Crippen molar-refractivity contribution in [3.63, 3.8) is 0 Å². The predicted molar refractivity (Wildman–Crippen MR) is 67.1 cm³/mol. The van der Waals surface area contributed by atoms with Crippen molar-refractivity contribution >= 4 is 57.9 Å². The summed E-state index contributed by atoms with van der Waals surface area (Å²) >= 11 is 22.4. The minimum Gasteiger partial charge on any atom is -0.478 e. The minimum absolute atomic E-state index is 0.220. The molecule has 0 aliphatic carbocycles. The largest absolute Gasteiger partial charge is 0.478 e. The molecule has 0 atom stereocenters. The van der Waals surface area contributed by atoms with Crippen molar-refractivity contribution < 1.29 is 9.90 Å². The van der Waals surface area contributed by atoms with E-state index in [1.807, 2.05) is 0 Å². The topological polar surface area (TPSA) is 37.3 Å². The Bertz CT molecular complexity index is 420. The highest BCUT2D eigenvalue weighted by atomic mass is 35.6. The molecule has 2 nitrogen and oxygen atoms in total. The van der Waals surface area contributed by atoms with Crippen LogP contribution in [0.5, 0.6) is 0 Å². The number of aliphatic carboxylic acids is 1. The molecule has 0 aliphatic heterocycles. The smallest absolute Gasteiger partial charge is 0.337 e. The maximum absolute atomic E-state index is 11.1. The summed E-state index contributed by atoms with van der Waals surface area (Å²) in [7, 11) is 0. The molecule has 16 heavy (non-hydrogen) atoms. The number of hydrogen-bond acceptors (Lipinski definition) is 1. The Labute approximate surface area is 112 Å². The SMILES string of the molecule is O=C(O)C(=C(Cl)C(Cl)(Cl)Cl)c1ccccc1. The Hall–Kier alpha value is -0.410. The molecule has 0 radical (unpaired) electrons. The van der Waals surface area contributed by atoms with Gasteiger partial charge in [0.25, 0.3) is 0 Å². The molecular weight excluding hydrogens is 294 g/mol. The first-order valence-corrected chi connectivity index (χ1v) is 5.61. The Morgan fingerprint density at radius 2 is 1.62 bits per heavy atom. The van der Waals surface area contributed by atoms with Gasteiger partial charge in [0.2, 0.25) is 3.79 Å². The fourth-order valence-corrected chi connectivity index (χ4v) is 1.56. The first-order valence-electron chi connectivity index (χ1n) is 4.09. The molecule has 0 unspecified atom stereocenters. The Morgan fingerprint density at radius 3 is 2.00 bits per heavy atom. The monoisotopic (exact) mass is 298 g/mol. The number of carboxylic acids is 1. The molecule has 1 N–H and O–H groups in total. The molecule has 0 amide bonds. The first-order chi connectivity index (χ1) is 7.34. The number of benzene rings is 1. The Kier molecular flexibility index (Phi) is 4.51. The van der Waals surface area contributed by atoms with E-state index in [4.69, 9.17) is 51.5 Å². The first kappa shape index (κ1) is 13.7. The lowest BCUT2D eigenvalue weighted by Gasteiger charge is -2.13. The molecule has 0 bridgehead atoms. The van der Waals surface area contributed by atoms with Gasteiger partial charge >= 0.3 is 5.97 Å². The number of carbonyl (C=O) groups is 1. The highest BCUT2D eigenvalue weighted by Crippen LogP contribution is 2.41. The Balaban J connectivity index is 3.37. The van der Waals surface area contributed by atoms with Gasteiger partial charge in [-0.2, -0.15) is 0 Å². The molecule has 1 aromatic rings. The van der Waals surface area contributed by atoms with E-state index in [1.165, 1.54) is 0 Å². The summed E-state index contributed by atoms with van der Waals surface area (Å²) in [5.74, 6) is -1.25. The van der Waals surface area contributed by atoms with Crippen molar-refractivity contribution in [1.82, 2.24) is 0 Å². The summed E-state index contributed by atoms with van der Waals surface area (Å²) in [6.07, 6.45) is 0. The molecule has 1 rings (SSSR count). The van der Waals surface area contributed by atoms with E-state index >= 15 is 0 Å². The van der Waals surface area contributed by atoms with E-state index in [9.17, 15) is 4.79 Å². The van der Waals surface area contributed by atoms with Crippen LogP contribution in [-0.4, -0.2) is 14.9 Å². The van der Waals surface area contributed by atoms with Gasteiger partial charge in [-0.3, -0.25) is 0 Å². The zero-order chi connectivity index (χ0) is 12.3. The van der Waals surface area contributed by atoms with E-state index in [0.717, 1.165) is 0 Å². The number of rotatable bonds is 2. The average molecular weight is 300 g/mol. The highest BCUT2D eigenvalue weighted by molar-refractivity contribution is 6.74. The standard InChI is InChI=1S/C10H6Cl4O2/c11-8(10(12,13)14)7(9(15)16)6-4-2-1-3-5-6/h1-5H,(H,15,16).